The van der Waals surface area contributed by atoms with Crippen molar-refractivity contribution in [3.05, 3.63) is 65.7 Å². The zero-order valence-electron chi connectivity index (χ0n) is 9.64. The number of carbonyl (C=O) groups excluding carboxylic acids is 1. The van der Waals surface area contributed by atoms with Gasteiger partial charge in [0.05, 0.1) is 0 Å². The number of ether oxygens (including phenoxy) is 1. The van der Waals surface area contributed by atoms with E-state index in [1.54, 1.807) is 6.92 Å². The highest BCUT2D eigenvalue weighted by Gasteiger charge is 1.99. The van der Waals surface area contributed by atoms with Crippen molar-refractivity contribution in [3.63, 3.8) is 0 Å². The molecule has 2 aromatic carbocycles. The molecule has 0 aliphatic heterocycles. The summed E-state index contributed by atoms with van der Waals surface area (Å²) in [5.74, 6) is 0.899. The van der Waals surface area contributed by atoms with E-state index in [1.165, 1.54) is 0 Å². The standard InChI is InChI=1S/C15H13O2/c1-12(16)14-9-7-13(8-10-14)11-17-15-5-3-2-4-6-15/h3-10H,11H2,1H3. The second-order valence-corrected chi connectivity index (χ2v) is 3.78. The molecule has 0 heterocycles. The van der Waals surface area contributed by atoms with Crippen LogP contribution in [0.2, 0.25) is 0 Å². The van der Waals surface area contributed by atoms with Crippen LogP contribution in [0.1, 0.15) is 22.8 Å². The van der Waals surface area contributed by atoms with Crippen LogP contribution in [0.5, 0.6) is 5.75 Å². The summed E-state index contributed by atoms with van der Waals surface area (Å²) >= 11 is 0. The first-order valence-electron chi connectivity index (χ1n) is 5.44. The highest BCUT2D eigenvalue weighted by Crippen LogP contribution is 2.12. The van der Waals surface area contributed by atoms with Crippen LogP contribution in [-0.2, 0) is 6.61 Å². The van der Waals surface area contributed by atoms with Crippen LogP contribution in [0.15, 0.2) is 48.5 Å². The van der Waals surface area contributed by atoms with Gasteiger partial charge in [-0.3, -0.25) is 4.79 Å². The molecule has 0 saturated heterocycles. The number of ketones is 1. The third-order valence-corrected chi connectivity index (χ3v) is 2.45. The van der Waals surface area contributed by atoms with Crippen molar-refractivity contribution in [3.8, 4) is 5.75 Å². The molecule has 0 spiro atoms. The van der Waals surface area contributed by atoms with Gasteiger partial charge in [-0.05, 0) is 30.7 Å². The summed E-state index contributed by atoms with van der Waals surface area (Å²) in [5.41, 5.74) is 1.77. The van der Waals surface area contributed by atoms with Gasteiger partial charge in [-0.25, -0.2) is 0 Å². The number of benzene rings is 2. The fraction of sp³-hybridized carbons (Fsp3) is 0.133. The average Bonchev–Trinajstić information content (AvgIpc) is 2.38. The fourth-order valence-corrected chi connectivity index (χ4v) is 1.47. The fourth-order valence-electron chi connectivity index (χ4n) is 1.47. The van der Waals surface area contributed by atoms with Gasteiger partial charge in [-0.15, -0.1) is 0 Å². The van der Waals surface area contributed by atoms with E-state index in [4.69, 9.17) is 4.74 Å². The molecule has 0 aliphatic rings. The van der Waals surface area contributed by atoms with E-state index >= 15 is 0 Å². The van der Waals surface area contributed by atoms with E-state index in [-0.39, 0.29) is 5.78 Å². The molecule has 2 rings (SSSR count). The molecule has 0 amide bonds. The maximum Gasteiger partial charge on any atom is 0.159 e. The first kappa shape index (κ1) is 11.4. The van der Waals surface area contributed by atoms with Gasteiger partial charge in [0.15, 0.2) is 5.78 Å². The van der Waals surface area contributed by atoms with Crippen LogP contribution >= 0.6 is 0 Å². The number of carbonyl (C=O) groups is 1. The third-order valence-electron chi connectivity index (χ3n) is 2.45. The molecule has 0 unspecified atom stereocenters. The Labute approximate surface area is 101 Å². The monoisotopic (exact) mass is 225 g/mol. The molecular formula is C15H13O2. The second kappa shape index (κ2) is 5.30. The molecule has 2 aromatic rings. The van der Waals surface area contributed by atoms with Crippen molar-refractivity contribution in [2.45, 2.75) is 13.5 Å². The summed E-state index contributed by atoms with van der Waals surface area (Å²) in [6, 6.07) is 17.7. The molecule has 1 radical (unpaired) electrons. The van der Waals surface area contributed by atoms with Crippen LogP contribution in [0.25, 0.3) is 0 Å². The third kappa shape index (κ3) is 3.18. The Hall–Kier alpha value is -2.09. The van der Waals surface area contributed by atoms with Gasteiger partial charge in [0.25, 0.3) is 0 Å². The number of rotatable bonds is 4. The van der Waals surface area contributed by atoms with Crippen LogP contribution in [0.3, 0.4) is 0 Å². The molecule has 2 heteroatoms. The molecule has 0 aliphatic carbocycles. The van der Waals surface area contributed by atoms with E-state index in [2.05, 4.69) is 6.07 Å². The van der Waals surface area contributed by atoms with Crippen molar-refractivity contribution in [1.29, 1.82) is 0 Å². The summed E-state index contributed by atoms with van der Waals surface area (Å²) in [6.45, 7) is 2.06. The predicted octanol–water partition coefficient (Wildman–Crippen LogP) is 3.27. The van der Waals surface area contributed by atoms with Crippen molar-refractivity contribution in [1.82, 2.24) is 0 Å². The Balaban J connectivity index is 1.98. The predicted molar refractivity (Wildman–Crippen MR) is 66.1 cm³/mol. The van der Waals surface area contributed by atoms with E-state index in [9.17, 15) is 4.79 Å². The summed E-state index contributed by atoms with van der Waals surface area (Å²) in [4.78, 5) is 11.1. The van der Waals surface area contributed by atoms with E-state index in [0.717, 1.165) is 16.9 Å². The number of hydrogen-bond acceptors (Lipinski definition) is 2. The van der Waals surface area contributed by atoms with Crippen molar-refractivity contribution in [2.75, 3.05) is 0 Å². The van der Waals surface area contributed by atoms with E-state index < -0.39 is 0 Å². The Morgan fingerprint density at radius 1 is 1.12 bits per heavy atom. The lowest BCUT2D eigenvalue weighted by atomic mass is 10.1. The lowest BCUT2D eigenvalue weighted by Crippen LogP contribution is -1.97. The van der Waals surface area contributed by atoms with Gasteiger partial charge in [0, 0.05) is 5.56 Å². The largest absolute Gasteiger partial charge is 0.489 e. The Bertz CT molecular complexity index is 486. The topological polar surface area (TPSA) is 26.3 Å². The van der Waals surface area contributed by atoms with Gasteiger partial charge >= 0.3 is 0 Å². The highest BCUT2D eigenvalue weighted by atomic mass is 16.5. The summed E-state index contributed by atoms with van der Waals surface area (Å²) in [7, 11) is 0. The molecule has 0 atom stereocenters. The molecule has 0 bridgehead atoms. The van der Waals surface area contributed by atoms with E-state index in [0.29, 0.717) is 6.61 Å². The van der Waals surface area contributed by atoms with E-state index in [1.807, 2.05) is 48.5 Å². The second-order valence-electron chi connectivity index (χ2n) is 3.78. The van der Waals surface area contributed by atoms with Gasteiger partial charge < -0.3 is 4.74 Å². The molecule has 0 N–H and O–H groups in total. The van der Waals surface area contributed by atoms with Crippen LogP contribution < -0.4 is 4.74 Å². The number of hydrogen-bond donors (Lipinski definition) is 0. The Morgan fingerprint density at radius 3 is 2.35 bits per heavy atom. The first-order valence-corrected chi connectivity index (χ1v) is 5.44. The van der Waals surface area contributed by atoms with Crippen molar-refractivity contribution in [2.24, 2.45) is 0 Å². The average molecular weight is 225 g/mol. The van der Waals surface area contributed by atoms with Crippen LogP contribution in [0, 0.1) is 6.07 Å². The van der Waals surface area contributed by atoms with Gasteiger partial charge in [0.2, 0.25) is 0 Å². The highest BCUT2D eigenvalue weighted by molar-refractivity contribution is 5.93. The number of Topliss-reactive ketones (excluding diaryl/α,β-unsaturated/α-hetero) is 1. The summed E-state index contributed by atoms with van der Waals surface area (Å²) < 4.78 is 5.59. The molecule has 0 fully saturated rings. The minimum atomic E-state index is 0.0797. The van der Waals surface area contributed by atoms with Gasteiger partial charge in [0.1, 0.15) is 12.4 Å². The molecular weight excluding hydrogens is 212 g/mol. The van der Waals surface area contributed by atoms with Crippen molar-refractivity contribution < 1.29 is 9.53 Å². The minimum Gasteiger partial charge on any atom is -0.489 e. The summed E-state index contributed by atoms with van der Waals surface area (Å²) in [6.07, 6.45) is 0. The molecule has 0 saturated carbocycles. The first-order chi connectivity index (χ1) is 8.25. The Morgan fingerprint density at radius 2 is 1.76 bits per heavy atom. The minimum absolute atomic E-state index is 0.0797. The molecule has 2 nitrogen and oxygen atoms in total. The zero-order valence-corrected chi connectivity index (χ0v) is 9.64. The van der Waals surface area contributed by atoms with Gasteiger partial charge in [-0.1, -0.05) is 36.4 Å². The SMILES string of the molecule is CC(=O)c1ccc(COc2cc[c]cc2)cc1. The maximum absolute atomic E-state index is 11.1. The van der Waals surface area contributed by atoms with Crippen molar-refractivity contribution >= 4 is 5.78 Å². The van der Waals surface area contributed by atoms with Crippen LogP contribution in [0.4, 0.5) is 0 Å². The quantitative estimate of drug-likeness (QED) is 0.746. The zero-order chi connectivity index (χ0) is 12.1. The summed E-state index contributed by atoms with van der Waals surface area (Å²) in [5, 5.41) is 0. The van der Waals surface area contributed by atoms with Gasteiger partial charge in [-0.2, -0.15) is 0 Å². The lowest BCUT2D eigenvalue weighted by Gasteiger charge is -2.06. The molecule has 85 valence electrons. The normalized spacial score (nSPS) is 9.94. The smallest absolute Gasteiger partial charge is 0.159 e. The maximum atomic E-state index is 11.1. The molecule has 0 aromatic heterocycles. The molecule has 17 heavy (non-hydrogen) atoms. The van der Waals surface area contributed by atoms with Crippen LogP contribution in [-0.4, -0.2) is 5.78 Å². The lowest BCUT2D eigenvalue weighted by molar-refractivity contribution is 0.101. The Kier molecular flexibility index (Phi) is 3.55.